The fourth-order valence-electron chi connectivity index (χ4n) is 2.62. The van der Waals surface area contributed by atoms with Crippen molar-refractivity contribution in [1.29, 1.82) is 0 Å². The van der Waals surface area contributed by atoms with Crippen molar-refractivity contribution < 1.29 is 4.74 Å². The van der Waals surface area contributed by atoms with Crippen molar-refractivity contribution in [2.24, 2.45) is 0 Å². The molecule has 0 saturated carbocycles. The van der Waals surface area contributed by atoms with E-state index in [1.165, 1.54) is 16.1 Å². The Morgan fingerprint density at radius 2 is 2.33 bits per heavy atom. The van der Waals surface area contributed by atoms with Crippen LogP contribution in [0.1, 0.15) is 16.2 Å². The van der Waals surface area contributed by atoms with E-state index in [0.29, 0.717) is 11.9 Å². The van der Waals surface area contributed by atoms with Crippen LogP contribution in [0.3, 0.4) is 0 Å². The molecule has 6 heteroatoms. The average molecular weight is 304 g/mol. The molecule has 0 aliphatic carbocycles. The number of aromatic nitrogens is 2. The van der Waals surface area contributed by atoms with Crippen LogP contribution in [-0.4, -0.2) is 41.1 Å². The molecule has 1 unspecified atom stereocenters. The number of hydrogen-bond donors (Lipinski definition) is 1. The molecule has 0 amide bonds. The first-order valence-corrected chi connectivity index (χ1v) is 7.95. The summed E-state index contributed by atoms with van der Waals surface area (Å²) < 4.78 is 5.12. The van der Waals surface area contributed by atoms with Gasteiger partial charge in [-0.3, -0.25) is 4.90 Å². The Hall–Kier alpha value is -1.66. The molecular weight excluding hydrogens is 284 g/mol. The minimum atomic E-state index is 0.436. The first kappa shape index (κ1) is 14.3. The van der Waals surface area contributed by atoms with Crippen molar-refractivity contribution >= 4 is 17.2 Å². The van der Waals surface area contributed by atoms with Crippen LogP contribution >= 0.6 is 11.3 Å². The maximum Gasteiger partial charge on any atom is 0.218 e. The lowest BCUT2D eigenvalue weighted by Crippen LogP contribution is -2.26. The summed E-state index contributed by atoms with van der Waals surface area (Å²) in [6, 6.07) is 6.70. The zero-order valence-electron chi connectivity index (χ0n) is 12.4. The maximum absolute atomic E-state index is 5.12. The van der Waals surface area contributed by atoms with Crippen LogP contribution in [-0.2, 0) is 6.54 Å². The zero-order chi connectivity index (χ0) is 14.7. The van der Waals surface area contributed by atoms with Gasteiger partial charge in [-0.05, 0) is 25.5 Å². The molecule has 0 aromatic carbocycles. The first-order valence-electron chi connectivity index (χ1n) is 7.13. The van der Waals surface area contributed by atoms with Crippen molar-refractivity contribution in [1.82, 2.24) is 14.9 Å². The summed E-state index contributed by atoms with van der Waals surface area (Å²) in [4.78, 5) is 13.6. The van der Waals surface area contributed by atoms with Crippen LogP contribution in [0.5, 0.6) is 5.88 Å². The molecular formula is C15H20N4OS. The van der Waals surface area contributed by atoms with Gasteiger partial charge in [-0.15, -0.1) is 11.3 Å². The normalized spacial score (nSPS) is 18.9. The van der Waals surface area contributed by atoms with Gasteiger partial charge in [0.05, 0.1) is 7.11 Å². The van der Waals surface area contributed by atoms with E-state index in [1.807, 2.05) is 17.4 Å². The smallest absolute Gasteiger partial charge is 0.218 e. The molecule has 0 spiro atoms. The molecule has 112 valence electrons. The summed E-state index contributed by atoms with van der Waals surface area (Å²) in [5.74, 6) is 1.43. The summed E-state index contributed by atoms with van der Waals surface area (Å²) >= 11 is 1.89. The van der Waals surface area contributed by atoms with Gasteiger partial charge in [0.15, 0.2) is 0 Å². The van der Waals surface area contributed by atoms with E-state index in [-0.39, 0.29) is 0 Å². The van der Waals surface area contributed by atoms with Crippen LogP contribution in [0.15, 0.2) is 24.5 Å². The number of likely N-dealkylation sites (tertiary alicyclic amines) is 1. The van der Waals surface area contributed by atoms with Crippen molar-refractivity contribution in [3.05, 3.63) is 34.3 Å². The van der Waals surface area contributed by atoms with Gasteiger partial charge in [-0.25, -0.2) is 9.97 Å². The predicted octanol–water partition coefficient (Wildman–Crippen LogP) is 2.54. The molecule has 1 aliphatic heterocycles. The van der Waals surface area contributed by atoms with Crippen molar-refractivity contribution in [3.63, 3.8) is 0 Å². The minimum absolute atomic E-state index is 0.436. The predicted molar refractivity (Wildman–Crippen MR) is 84.9 cm³/mol. The van der Waals surface area contributed by atoms with E-state index < -0.39 is 0 Å². The summed E-state index contributed by atoms with van der Waals surface area (Å²) in [7, 11) is 1.62. The van der Waals surface area contributed by atoms with Gasteiger partial charge in [-0.1, -0.05) is 0 Å². The molecule has 1 N–H and O–H groups in total. The lowest BCUT2D eigenvalue weighted by molar-refractivity contribution is 0.331. The molecule has 1 saturated heterocycles. The number of rotatable bonds is 5. The van der Waals surface area contributed by atoms with Crippen LogP contribution < -0.4 is 10.1 Å². The number of nitrogens with zero attached hydrogens (tertiary/aromatic N) is 3. The Kier molecular flexibility index (Phi) is 4.36. The number of hydrogen-bond acceptors (Lipinski definition) is 6. The van der Waals surface area contributed by atoms with Gasteiger partial charge in [0.25, 0.3) is 0 Å². The highest BCUT2D eigenvalue weighted by molar-refractivity contribution is 7.11. The quantitative estimate of drug-likeness (QED) is 0.920. The van der Waals surface area contributed by atoms with Crippen LogP contribution in [0, 0.1) is 6.92 Å². The second kappa shape index (κ2) is 6.41. The molecule has 5 nitrogen and oxygen atoms in total. The molecule has 1 fully saturated rings. The monoisotopic (exact) mass is 304 g/mol. The number of anilines is 1. The Morgan fingerprint density at radius 1 is 1.43 bits per heavy atom. The highest BCUT2D eigenvalue weighted by atomic mass is 32.1. The molecule has 3 rings (SSSR count). The second-order valence-electron chi connectivity index (χ2n) is 5.32. The lowest BCUT2D eigenvalue weighted by Gasteiger charge is -2.16. The Labute approximate surface area is 129 Å². The summed E-state index contributed by atoms with van der Waals surface area (Å²) in [5, 5.41) is 3.47. The first-order chi connectivity index (χ1) is 10.2. The highest BCUT2D eigenvalue weighted by Crippen LogP contribution is 2.21. The second-order valence-corrected chi connectivity index (χ2v) is 6.70. The number of ether oxygens (including phenoxy) is 1. The van der Waals surface area contributed by atoms with Crippen molar-refractivity contribution in [2.75, 3.05) is 25.5 Å². The molecule has 1 aliphatic rings. The molecule has 2 aromatic rings. The Morgan fingerprint density at radius 3 is 3.10 bits per heavy atom. The summed E-state index contributed by atoms with van der Waals surface area (Å²) in [6.45, 7) is 5.37. The number of nitrogens with one attached hydrogen (secondary N) is 1. The van der Waals surface area contributed by atoms with E-state index in [4.69, 9.17) is 4.74 Å². The van der Waals surface area contributed by atoms with Crippen LogP contribution in [0.4, 0.5) is 5.82 Å². The standard InChI is InChI=1S/C15H20N4OS/c1-11-3-4-13(21-11)9-19-6-5-12(8-19)18-14-7-15(20-2)17-10-16-14/h3-4,7,10,12H,5-6,8-9H2,1-2H3,(H,16,17,18). The summed E-state index contributed by atoms with van der Waals surface area (Å²) in [5.41, 5.74) is 0. The van der Waals surface area contributed by atoms with E-state index in [2.05, 4.69) is 39.2 Å². The Balaban J connectivity index is 1.54. The molecule has 0 radical (unpaired) electrons. The third-order valence-electron chi connectivity index (χ3n) is 3.65. The lowest BCUT2D eigenvalue weighted by atomic mass is 10.2. The van der Waals surface area contributed by atoms with E-state index in [1.54, 1.807) is 7.11 Å². The van der Waals surface area contributed by atoms with Gasteiger partial charge >= 0.3 is 0 Å². The fraction of sp³-hybridized carbons (Fsp3) is 0.467. The van der Waals surface area contributed by atoms with Crippen LogP contribution in [0.25, 0.3) is 0 Å². The van der Waals surface area contributed by atoms with Crippen molar-refractivity contribution in [2.45, 2.75) is 25.9 Å². The zero-order valence-corrected chi connectivity index (χ0v) is 13.2. The van der Waals surface area contributed by atoms with E-state index in [9.17, 15) is 0 Å². The largest absolute Gasteiger partial charge is 0.481 e. The number of thiophene rings is 1. The van der Waals surface area contributed by atoms with Crippen LogP contribution in [0.2, 0.25) is 0 Å². The third kappa shape index (κ3) is 3.71. The maximum atomic E-state index is 5.12. The van der Waals surface area contributed by atoms with E-state index >= 15 is 0 Å². The fourth-order valence-corrected chi connectivity index (χ4v) is 3.56. The molecule has 1 atom stereocenters. The third-order valence-corrected chi connectivity index (χ3v) is 4.64. The van der Waals surface area contributed by atoms with Gasteiger partial charge in [0, 0.05) is 41.5 Å². The van der Waals surface area contributed by atoms with Gasteiger partial charge < -0.3 is 10.1 Å². The van der Waals surface area contributed by atoms with Gasteiger partial charge in [-0.2, -0.15) is 0 Å². The Bertz CT molecular complexity index is 601. The minimum Gasteiger partial charge on any atom is -0.481 e. The molecule has 2 aromatic heterocycles. The average Bonchev–Trinajstić information content (AvgIpc) is 3.09. The van der Waals surface area contributed by atoms with Crippen molar-refractivity contribution in [3.8, 4) is 5.88 Å². The molecule has 3 heterocycles. The molecule has 0 bridgehead atoms. The number of methoxy groups -OCH3 is 1. The van der Waals surface area contributed by atoms with Gasteiger partial charge in [0.1, 0.15) is 12.1 Å². The SMILES string of the molecule is COc1cc(NC2CCN(Cc3ccc(C)s3)C2)ncn1. The topological polar surface area (TPSA) is 50.3 Å². The molecule has 21 heavy (non-hydrogen) atoms. The highest BCUT2D eigenvalue weighted by Gasteiger charge is 2.23. The van der Waals surface area contributed by atoms with E-state index in [0.717, 1.165) is 31.9 Å². The van der Waals surface area contributed by atoms with Gasteiger partial charge in [0.2, 0.25) is 5.88 Å². The number of aryl methyl sites for hydroxylation is 1. The summed E-state index contributed by atoms with van der Waals surface area (Å²) in [6.07, 6.45) is 2.67.